The van der Waals surface area contributed by atoms with Crippen molar-refractivity contribution in [3.8, 4) is 0 Å². The van der Waals surface area contributed by atoms with Crippen LogP contribution in [0.1, 0.15) is 41.1 Å². The summed E-state index contributed by atoms with van der Waals surface area (Å²) in [6, 6.07) is 6.76. The molecule has 1 aromatic heterocycles. The average molecular weight is 328 g/mol. The quantitative estimate of drug-likeness (QED) is 0.792. The number of rotatable bonds is 6. The molecule has 2 aromatic rings. The first-order chi connectivity index (χ1) is 11.5. The summed E-state index contributed by atoms with van der Waals surface area (Å²) >= 11 is 0. The van der Waals surface area contributed by atoms with E-state index < -0.39 is 11.9 Å². The van der Waals surface area contributed by atoms with Gasteiger partial charge in [-0.05, 0) is 31.5 Å². The number of benzene rings is 1. The summed E-state index contributed by atoms with van der Waals surface area (Å²) < 4.78 is 4.65. The molecule has 2 N–H and O–H groups in total. The molecule has 1 unspecified atom stereocenters. The Morgan fingerprint density at radius 2 is 2.04 bits per heavy atom. The molecule has 1 aromatic carbocycles. The predicted molar refractivity (Wildman–Crippen MR) is 91.1 cm³/mol. The van der Waals surface area contributed by atoms with Crippen molar-refractivity contribution in [1.82, 2.24) is 9.97 Å². The van der Waals surface area contributed by atoms with Crippen LogP contribution in [0.4, 0.5) is 11.5 Å². The third-order valence-electron chi connectivity index (χ3n) is 3.43. The number of methoxy groups -OCH3 is 1. The minimum atomic E-state index is -0.466. The molecular weight excluding hydrogens is 308 g/mol. The maximum absolute atomic E-state index is 12.2. The Kier molecular flexibility index (Phi) is 5.83. The van der Waals surface area contributed by atoms with Gasteiger partial charge in [-0.3, -0.25) is 4.79 Å². The lowest BCUT2D eigenvalue weighted by Gasteiger charge is -2.11. The van der Waals surface area contributed by atoms with E-state index in [1.807, 2.05) is 6.92 Å². The van der Waals surface area contributed by atoms with Gasteiger partial charge in [0.15, 0.2) is 0 Å². The lowest BCUT2D eigenvalue weighted by atomic mass is 10.2. The molecule has 2 rings (SSSR count). The minimum Gasteiger partial charge on any atom is -0.465 e. The number of carbonyl (C=O) groups is 2. The molecule has 1 heterocycles. The van der Waals surface area contributed by atoms with Crippen molar-refractivity contribution in [2.24, 2.45) is 0 Å². The number of hydrogen-bond donors (Lipinski definition) is 2. The first kappa shape index (κ1) is 17.4. The Bertz CT molecular complexity index is 716. The second-order valence-corrected chi connectivity index (χ2v) is 5.27. The molecule has 0 saturated heterocycles. The number of hydrogen-bond acceptors (Lipinski definition) is 6. The van der Waals surface area contributed by atoms with Gasteiger partial charge in [0.2, 0.25) is 0 Å². The first-order valence-electron chi connectivity index (χ1n) is 7.61. The molecule has 1 atom stereocenters. The van der Waals surface area contributed by atoms with Crippen LogP contribution in [0.25, 0.3) is 0 Å². The summed E-state index contributed by atoms with van der Waals surface area (Å²) in [6.45, 7) is 4.10. The topological polar surface area (TPSA) is 93.2 Å². The van der Waals surface area contributed by atoms with Crippen LogP contribution in [0.5, 0.6) is 0 Å². The van der Waals surface area contributed by atoms with E-state index in [9.17, 15) is 9.59 Å². The van der Waals surface area contributed by atoms with Gasteiger partial charge in [-0.25, -0.2) is 14.8 Å². The van der Waals surface area contributed by atoms with Gasteiger partial charge in [-0.1, -0.05) is 13.0 Å². The summed E-state index contributed by atoms with van der Waals surface area (Å²) in [5, 5.41) is 5.86. The summed E-state index contributed by atoms with van der Waals surface area (Å²) in [4.78, 5) is 32.0. The van der Waals surface area contributed by atoms with Crippen molar-refractivity contribution < 1.29 is 14.3 Å². The van der Waals surface area contributed by atoms with Gasteiger partial charge in [0.1, 0.15) is 11.5 Å². The summed E-state index contributed by atoms with van der Waals surface area (Å²) in [6.07, 6.45) is 3.89. The van der Waals surface area contributed by atoms with Crippen LogP contribution in [0, 0.1) is 0 Å². The van der Waals surface area contributed by atoms with E-state index in [1.54, 1.807) is 18.2 Å². The van der Waals surface area contributed by atoms with E-state index in [1.165, 1.54) is 25.6 Å². The van der Waals surface area contributed by atoms with Crippen LogP contribution in [0.15, 0.2) is 36.7 Å². The zero-order valence-electron chi connectivity index (χ0n) is 13.9. The Morgan fingerprint density at radius 3 is 2.67 bits per heavy atom. The second-order valence-electron chi connectivity index (χ2n) is 5.27. The van der Waals surface area contributed by atoms with Crippen LogP contribution in [0.3, 0.4) is 0 Å². The highest BCUT2D eigenvalue weighted by Gasteiger charge is 2.11. The molecule has 126 valence electrons. The number of nitrogens with zero attached hydrogens (tertiary/aromatic N) is 2. The third-order valence-corrected chi connectivity index (χ3v) is 3.43. The maximum Gasteiger partial charge on any atom is 0.337 e. The van der Waals surface area contributed by atoms with Gasteiger partial charge in [0.05, 0.1) is 25.1 Å². The molecule has 0 aliphatic heterocycles. The number of carbonyl (C=O) groups excluding carboxylic acids is 2. The van der Waals surface area contributed by atoms with Crippen molar-refractivity contribution in [2.75, 3.05) is 17.7 Å². The number of amides is 1. The first-order valence-corrected chi connectivity index (χ1v) is 7.61. The zero-order chi connectivity index (χ0) is 17.5. The van der Waals surface area contributed by atoms with Crippen LogP contribution >= 0.6 is 0 Å². The van der Waals surface area contributed by atoms with Gasteiger partial charge >= 0.3 is 5.97 Å². The average Bonchev–Trinajstić information content (AvgIpc) is 2.61. The molecule has 1 amide bonds. The van der Waals surface area contributed by atoms with E-state index >= 15 is 0 Å². The zero-order valence-corrected chi connectivity index (χ0v) is 13.9. The number of aromatic nitrogens is 2. The van der Waals surface area contributed by atoms with E-state index in [0.717, 1.165) is 6.42 Å². The highest BCUT2D eigenvalue weighted by atomic mass is 16.5. The monoisotopic (exact) mass is 328 g/mol. The van der Waals surface area contributed by atoms with E-state index in [4.69, 9.17) is 0 Å². The lowest BCUT2D eigenvalue weighted by molar-refractivity contribution is 0.0600. The number of nitrogens with one attached hydrogen (secondary N) is 2. The summed E-state index contributed by atoms with van der Waals surface area (Å²) in [7, 11) is 1.30. The van der Waals surface area contributed by atoms with E-state index in [-0.39, 0.29) is 11.7 Å². The highest BCUT2D eigenvalue weighted by molar-refractivity contribution is 6.03. The molecule has 0 aliphatic carbocycles. The Morgan fingerprint density at radius 1 is 1.25 bits per heavy atom. The molecule has 7 heteroatoms. The molecule has 0 spiro atoms. The lowest BCUT2D eigenvalue weighted by Crippen LogP contribution is -2.17. The van der Waals surface area contributed by atoms with Gasteiger partial charge < -0.3 is 15.4 Å². The van der Waals surface area contributed by atoms with Crippen molar-refractivity contribution in [1.29, 1.82) is 0 Å². The molecule has 0 saturated carbocycles. The van der Waals surface area contributed by atoms with Gasteiger partial charge in [0.25, 0.3) is 5.91 Å². The molecule has 0 radical (unpaired) electrons. The fourth-order valence-electron chi connectivity index (χ4n) is 1.91. The molecule has 0 aliphatic rings. The Balaban J connectivity index is 2.06. The number of anilines is 2. The highest BCUT2D eigenvalue weighted by Crippen LogP contribution is 2.13. The predicted octanol–water partition coefficient (Wildman–Crippen LogP) is 2.73. The van der Waals surface area contributed by atoms with Crippen molar-refractivity contribution in [2.45, 2.75) is 26.3 Å². The van der Waals surface area contributed by atoms with Crippen LogP contribution in [-0.2, 0) is 4.74 Å². The summed E-state index contributed by atoms with van der Waals surface area (Å²) in [5.41, 5.74) is 1.02. The molecule has 0 fully saturated rings. The standard InChI is InChI=1S/C17H20N4O3/c1-4-11(2)20-15-10-18-14(9-19-15)16(22)21-13-7-5-6-12(8-13)17(23)24-3/h5-11H,4H2,1-3H3,(H,19,20)(H,21,22). The third kappa shape index (κ3) is 4.52. The van der Waals surface area contributed by atoms with Crippen LogP contribution < -0.4 is 10.6 Å². The van der Waals surface area contributed by atoms with Crippen LogP contribution in [0.2, 0.25) is 0 Å². The Hall–Kier alpha value is -2.96. The maximum atomic E-state index is 12.2. The van der Waals surface area contributed by atoms with E-state index in [0.29, 0.717) is 17.1 Å². The van der Waals surface area contributed by atoms with E-state index in [2.05, 4.69) is 32.3 Å². The SMILES string of the molecule is CCC(C)Nc1cnc(C(=O)Nc2cccc(C(=O)OC)c2)cn1. The Labute approximate surface area is 140 Å². The normalized spacial score (nSPS) is 11.5. The fraction of sp³-hybridized carbons (Fsp3) is 0.294. The molecule has 0 bridgehead atoms. The number of ether oxygens (including phenoxy) is 1. The van der Waals surface area contributed by atoms with Gasteiger partial charge in [-0.15, -0.1) is 0 Å². The van der Waals surface area contributed by atoms with Gasteiger partial charge in [0, 0.05) is 11.7 Å². The summed E-state index contributed by atoms with van der Waals surface area (Å²) in [5.74, 6) is -0.250. The fourth-order valence-corrected chi connectivity index (χ4v) is 1.91. The number of esters is 1. The van der Waals surface area contributed by atoms with Gasteiger partial charge in [-0.2, -0.15) is 0 Å². The molecule has 7 nitrogen and oxygen atoms in total. The molecule has 24 heavy (non-hydrogen) atoms. The van der Waals surface area contributed by atoms with Crippen molar-refractivity contribution >= 4 is 23.4 Å². The smallest absolute Gasteiger partial charge is 0.337 e. The van der Waals surface area contributed by atoms with Crippen molar-refractivity contribution in [3.05, 3.63) is 47.9 Å². The second kappa shape index (κ2) is 8.05. The minimum absolute atomic E-state index is 0.188. The molecular formula is C17H20N4O3. The van der Waals surface area contributed by atoms with Crippen LogP contribution in [-0.4, -0.2) is 35.0 Å². The largest absolute Gasteiger partial charge is 0.465 e. The van der Waals surface area contributed by atoms with Crippen molar-refractivity contribution in [3.63, 3.8) is 0 Å².